The molecule has 4 aliphatic heterocycles. The first-order valence-electron chi connectivity index (χ1n) is 9.00. The van der Waals surface area contributed by atoms with E-state index >= 15 is 0 Å². The van der Waals surface area contributed by atoms with Crippen molar-refractivity contribution in [2.24, 2.45) is 11.8 Å². The average Bonchev–Trinajstić information content (AvgIpc) is 3.35. The number of ether oxygens (including phenoxy) is 1. The van der Waals surface area contributed by atoms with Gasteiger partial charge in [0.05, 0.1) is 18.2 Å². The minimum atomic E-state index is 0. The molecular weight excluding hydrogens is 328 g/mol. The zero-order valence-corrected chi connectivity index (χ0v) is 14.6. The van der Waals surface area contributed by atoms with Crippen molar-refractivity contribution >= 4 is 18.3 Å². The Morgan fingerprint density at radius 2 is 1.96 bits per heavy atom. The largest absolute Gasteiger partial charge is 0.374 e. The van der Waals surface area contributed by atoms with Crippen molar-refractivity contribution in [3.63, 3.8) is 0 Å². The second-order valence-electron chi connectivity index (χ2n) is 7.51. The van der Waals surface area contributed by atoms with Gasteiger partial charge < -0.3 is 15.0 Å². The first-order chi connectivity index (χ1) is 11.3. The number of piperidine rings is 1. The quantitative estimate of drug-likeness (QED) is 0.876. The average molecular weight is 353 g/mol. The highest BCUT2D eigenvalue weighted by Crippen LogP contribution is 2.47. The van der Waals surface area contributed by atoms with Crippen LogP contribution in [-0.2, 0) is 4.74 Å². The number of likely N-dealkylation sites (tertiary alicyclic amines) is 1. The first kappa shape index (κ1) is 16.4. The third kappa shape index (κ3) is 2.55. The number of amides is 1. The number of aromatic nitrogens is 2. The van der Waals surface area contributed by atoms with Crippen LogP contribution in [0.4, 0.5) is 0 Å². The smallest absolute Gasteiger partial charge is 0.274 e. The van der Waals surface area contributed by atoms with Crippen LogP contribution in [0.25, 0.3) is 0 Å². The van der Waals surface area contributed by atoms with Crippen LogP contribution in [0.5, 0.6) is 0 Å². The fourth-order valence-corrected chi connectivity index (χ4v) is 5.00. The number of nitrogens with zero attached hydrogens (tertiary/aromatic N) is 3. The highest BCUT2D eigenvalue weighted by atomic mass is 35.5. The fraction of sp³-hybridized carbons (Fsp3) is 0.765. The molecule has 4 aliphatic rings. The van der Waals surface area contributed by atoms with Crippen molar-refractivity contribution in [3.05, 3.63) is 18.0 Å². The third-order valence-electron chi connectivity index (χ3n) is 6.21. The second-order valence-corrected chi connectivity index (χ2v) is 7.51. The minimum Gasteiger partial charge on any atom is -0.374 e. The molecule has 7 heteroatoms. The van der Waals surface area contributed by atoms with Crippen LogP contribution in [0.15, 0.2) is 12.3 Å². The number of rotatable bonds is 2. The van der Waals surface area contributed by atoms with Crippen LogP contribution in [-0.4, -0.2) is 59.0 Å². The predicted molar refractivity (Wildman–Crippen MR) is 91.4 cm³/mol. The Morgan fingerprint density at radius 3 is 2.62 bits per heavy atom. The van der Waals surface area contributed by atoms with Crippen molar-refractivity contribution < 1.29 is 9.53 Å². The summed E-state index contributed by atoms with van der Waals surface area (Å²) in [5.74, 6) is 1.21. The summed E-state index contributed by atoms with van der Waals surface area (Å²) in [5.41, 5.74) is 0.601. The molecule has 1 aromatic rings. The van der Waals surface area contributed by atoms with Gasteiger partial charge in [-0.05, 0) is 38.3 Å². The van der Waals surface area contributed by atoms with Crippen LogP contribution < -0.4 is 5.32 Å². The lowest BCUT2D eigenvalue weighted by Gasteiger charge is -2.23. The number of hydrogen-bond acceptors (Lipinski definition) is 4. The molecule has 0 saturated carbocycles. The van der Waals surface area contributed by atoms with Crippen LogP contribution in [0, 0.1) is 11.8 Å². The molecule has 0 spiro atoms. The Kier molecular flexibility index (Phi) is 4.31. The molecule has 1 amide bonds. The molecule has 6 nitrogen and oxygen atoms in total. The normalized spacial score (nSPS) is 37.3. The lowest BCUT2D eigenvalue weighted by atomic mass is 9.82. The van der Waals surface area contributed by atoms with E-state index in [-0.39, 0.29) is 18.3 Å². The molecule has 5 unspecified atom stereocenters. The summed E-state index contributed by atoms with van der Waals surface area (Å²) in [4.78, 5) is 14.8. The van der Waals surface area contributed by atoms with Gasteiger partial charge in [-0.3, -0.25) is 9.48 Å². The SMILES string of the molecule is Cl.O=C(c1ccn(C2CCCNC2)n1)N1CC2C3CCC(O3)C2C1. The van der Waals surface area contributed by atoms with E-state index in [0.29, 0.717) is 35.8 Å². The second kappa shape index (κ2) is 6.32. The Hall–Kier alpha value is -1.11. The summed E-state index contributed by atoms with van der Waals surface area (Å²) in [5, 5.41) is 7.98. The van der Waals surface area contributed by atoms with Gasteiger partial charge in [-0.1, -0.05) is 0 Å². The van der Waals surface area contributed by atoms with Crippen molar-refractivity contribution in [3.8, 4) is 0 Å². The van der Waals surface area contributed by atoms with E-state index in [1.54, 1.807) is 0 Å². The van der Waals surface area contributed by atoms with E-state index in [1.165, 1.54) is 19.3 Å². The van der Waals surface area contributed by atoms with Crippen LogP contribution in [0.1, 0.15) is 42.2 Å². The third-order valence-corrected chi connectivity index (χ3v) is 6.21. The number of nitrogens with one attached hydrogen (secondary N) is 1. The Labute approximate surface area is 148 Å². The molecular formula is C17H25ClN4O2. The van der Waals surface area contributed by atoms with Crippen LogP contribution in [0.2, 0.25) is 0 Å². The molecule has 0 aliphatic carbocycles. The van der Waals surface area contributed by atoms with E-state index < -0.39 is 0 Å². The maximum Gasteiger partial charge on any atom is 0.274 e. The first-order valence-corrected chi connectivity index (χ1v) is 9.00. The molecule has 24 heavy (non-hydrogen) atoms. The highest BCUT2D eigenvalue weighted by Gasteiger charge is 2.53. The molecule has 0 radical (unpaired) electrons. The topological polar surface area (TPSA) is 59.4 Å². The van der Waals surface area contributed by atoms with Crippen LogP contribution in [0.3, 0.4) is 0 Å². The van der Waals surface area contributed by atoms with Gasteiger partial charge in [-0.15, -0.1) is 12.4 Å². The zero-order chi connectivity index (χ0) is 15.4. The summed E-state index contributed by atoms with van der Waals surface area (Å²) in [7, 11) is 0. The summed E-state index contributed by atoms with van der Waals surface area (Å²) in [6.07, 6.45) is 7.42. The van der Waals surface area contributed by atoms with Gasteiger partial charge in [0.1, 0.15) is 5.69 Å². The Balaban J connectivity index is 0.00000146. The predicted octanol–water partition coefficient (Wildman–Crippen LogP) is 1.48. The Morgan fingerprint density at radius 1 is 1.21 bits per heavy atom. The highest BCUT2D eigenvalue weighted by molar-refractivity contribution is 5.92. The molecule has 1 N–H and O–H groups in total. The van der Waals surface area contributed by atoms with E-state index in [0.717, 1.165) is 32.6 Å². The number of carbonyl (C=O) groups is 1. The summed E-state index contributed by atoms with van der Waals surface area (Å²) < 4.78 is 7.97. The molecule has 132 valence electrons. The molecule has 5 atom stereocenters. The number of carbonyl (C=O) groups excluding carboxylic acids is 1. The molecule has 4 fully saturated rings. The van der Waals surface area contributed by atoms with Gasteiger partial charge in [0.25, 0.3) is 5.91 Å². The summed E-state index contributed by atoms with van der Waals surface area (Å²) >= 11 is 0. The van der Waals surface area contributed by atoms with E-state index in [9.17, 15) is 4.79 Å². The lowest BCUT2D eigenvalue weighted by molar-refractivity contribution is 0.0590. The fourth-order valence-electron chi connectivity index (χ4n) is 5.00. The van der Waals surface area contributed by atoms with E-state index in [4.69, 9.17) is 4.74 Å². The standard InChI is InChI=1S/C17H24N4O2.ClH/c22-17(14-5-7-21(19-14)11-2-1-6-18-8-11)20-9-12-13(10-20)16-4-3-15(12)23-16;/h5,7,11-13,15-16,18H,1-4,6,8-10H2;1H. The molecule has 1 aromatic heterocycles. The minimum absolute atomic E-state index is 0. The number of hydrogen-bond donors (Lipinski definition) is 1. The van der Waals surface area contributed by atoms with E-state index in [2.05, 4.69) is 10.4 Å². The van der Waals surface area contributed by atoms with Crippen molar-refractivity contribution in [2.45, 2.75) is 43.9 Å². The molecule has 5 heterocycles. The van der Waals surface area contributed by atoms with Gasteiger partial charge in [0.15, 0.2) is 0 Å². The number of halogens is 1. The maximum atomic E-state index is 12.8. The van der Waals surface area contributed by atoms with Gasteiger partial charge in [-0.25, -0.2) is 0 Å². The van der Waals surface area contributed by atoms with Gasteiger partial charge in [0.2, 0.25) is 0 Å². The zero-order valence-electron chi connectivity index (χ0n) is 13.8. The van der Waals surface area contributed by atoms with Crippen molar-refractivity contribution in [1.82, 2.24) is 20.0 Å². The van der Waals surface area contributed by atoms with E-state index in [1.807, 2.05) is 21.8 Å². The summed E-state index contributed by atoms with van der Waals surface area (Å²) in [6.45, 7) is 3.74. The Bertz CT molecular complexity index is 597. The maximum absolute atomic E-state index is 12.8. The molecule has 4 saturated heterocycles. The molecule has 5 rings (SSSR count). The van der Waals surface area contributed by atoms with Crippen molar-refractivity contribution in [1.29, 1.82) is 0 Å². The monoisotopic (exact) mass is 352 g/mol. The van der Waals surface area contributed by atoms with Gasteiger partial charge in [0, 0.05) is 37.7 Å². The molecule has 2 bridgehead atoms. The van der Waals surface area contributed by atoms with Gasteiger partial charge in [-0.2, -0.15) is 5.10 Å². The molecule has 0 aromatic carbocycles. The van der Waals surface area contributed by atoms with Crippen LogP contribution >= 0.6 is 12.4 Å². The lowest BCUT2D eigenvalue weighted by Crippen LogP contribution is -2.33. The summed E-state index contributed by atoms with van der Waals surface area (Å²) in [6, 6.07) is 2.27. The van der Waals surface area contributed by atoms with Gasteiger partial charge >= 0.3 is 0 Å². The van der Waals surface area contributed by atoms with Crippen molar-refractivity contribution in [2.75, 3.05) is 26.2 Å². The number of fused-ring (bicyclic) bond motifs is 5.